The molecule has 5 nitrogen and oxygen atoms in total. The van der Waals surface area contributed by atoms with Gasteiger partial charge in [0.05, 0.1) is 0 Å². The van der Waals surface area contributed by atoms with Crippen molar-refractivity contribution in [2.45, 2.75) is 46.3 Å². The Balaban J connectivity index is 1.80. The second-order valence-corrected chi connectivity index (χ2v) is 7.62. The average molecular weight is 398 g/mol. The molecule has 0 saturated carbocycles. The molecule has 1 atom stereocenters. The molecule has 0 radical (unpaired) electrons. The number of carbonyl (C=O) groups is 2. The maximum atomic E-state index is 13.1. The average Bonchev–Trinajstić information content (AvgIpc) is 2.83. The minimum Gasteiger partial charge on any atom is -0.480 e. The topological polar surface area (TPSA) is 58.6 Å². The summed E-state index contributed by atoms with van der Waals surface area (Å²) in [5, 5.41) is 2.89. The van der Waals surface area contributed by atoms with Crippen molar-refractivity contribution in [1.82, 2.24) is 4.90 Å². The molecule has 0 bridgehead atoms. The van der Waals surface area contributed by atoms with E-state index < -0.39 is 6.10 Å². The van der Waals surface area contributed by atoms with Crippen LogP contribution in [-0.2, 0) is 22.6 Å². The van der Waals surface area contributed by atoms with Gasteiger partial charge in [-0.1, -0.05) is 32.9 Å². The van der Waals surface area contributed by atoms with Gasteiger partial charge in [-0.25, -0.2) is 4.39 Å². The summed E-state index contributed by atoms with van der Waals surface area (Å²) in [5.74, 6) is 0.151. The monoisotopic (exact) mass is 398 g/mol. The number of carbonyl (C=O) groups excluding carboxylic acids is 2. The maximum Gasteiger partial charge on any atom is 0.263 e. The molecular weight excluding hydrogens is 371 g/mol. The SMILES string of the molecule is CC[C@@H]1Oc2ccc(NC(=O)C(C)C)cc2CN(CCc2ccc(F)cc2)C1=O. The largest absolute Gasteiger partial charge is 0.480 e. The summed E-state index contributed by atoms with van der Waals surface area (Å²) in [5.41, 5.74) is 2.51. The van der Waals surface area contributed by atoms with Crippen LogP contribution < -0.4 is 10.1 Å². The molecular formula is C23H27FN2O3. The molecule has 3 rings (SSSR count). The van der Waals surface area contributed by atoms with Crippen LogP contribution in [0, 0.1) is 11.7 Å². The van der Waals surface area contributed by atoms with E-state index in [4.69, 9.17) is 4.74 Å². The second kappa shape index (κ2) is 9.07. The van der Waals surface area contributed by atoms with Gasteiger partial charge >= 0.3 is 0 Å². The molecule has 0 aromatic heterocycles. The number of rotatable bonds is 6. The van der Waals surface area contributed by atoms with Crippen molar-refractivity contribution in [3.8, 4) is 5.75 Å². The quantitative estimate of drug-likeness (QED) is 0.795. The van der Waals surface area contributed by atoms with Crippen LogP contribution >= 0.6 is 0 Å². The molecule has 0 saturated heterocycles. The normalized spacial score (nSPS) is 16.2. The van der Waals surface area contributed by atoms with Crippen molar-refractivity contribution >= 4 is 17.5 Å². The van der Waals surface area contributed by atoms with E-state index in [1.54, 1.807) is 23.1 Å². The fourth-order valence-corrected chi connectivity index (χ4v) is 3.24. The van der Waals surface area contributed by atoms with Crippen molar-refractivity contribution in [3.05, 3.63) is 59.4 Å². The summed E-state index contributed by atoms with van der Waals surface area (Å²) in [4.78, 5) is 26.7. The Bertz CT molecular complexity index is 880. The van der Waals surface area contributed by atoms with Crippen LogP contribution in [0.2, 0.25) is 0 Å². The van der Waals surface area contributed by atoms with Gasteiger partial charge in [0.15, 0.2) is 6.10 Å². The van der Waals surface area contributed by atoms with Gasteiger partial charge in [-0.05, 0) is 48.7 Å². The van der Waals surface area contributed by atoms with Gasteiger partial charge in [-0.15, -0.1) is 0 Å². The van der Waals surface area contributed by atoms with E-state index in [1.807, 2.05) is 32.9 Å². The lowest BCUT2D eigenvalue weighted by molar-refractivity contribution is -0.138. The molecule has 2 aromatic carbocycles. The fraction of sp³-hybridized carbons (Fsp3) is 0.391. The minimum absolute atomic E-state index is 0.0569. The summed E-state index contributed by atoms with van der Waals surface area (Å²) in [6, 6.07) is 11.8. The zero-order chi connectivity index (χ0) is 21.0. The van der Waals surface area contributed by atoms with Gasteiger partial charge in [0.1, 0.15) is 11.6 Å². The molecule has 6 heteroatoms. The Kier molecular flexibility index (Phi) is 6.52. The molecule has 2 amide bonds. The van der Waals surface area contributed by atoms with Crippen LogP contribution in [-0.4, -0.2) is 29.4 Å². The van der Waals surface area contributed by atoms with Crippen LogP contribution in [0.1, 0.15) is 38.3 Å². The van der Waals surface area contributed by atoms with Crippen molar-refractivity contribution < 1.29 is 18.7 Å². The molecule has 0 fully saturated rings. The number of hydrogen-bond donors (Lipinski definition) is 1. The highest BCUT2D eigenvalue weighted by Crippen LogP contribution is 2.29. The molecule has 0 spiro atoms. The third kappa shape index (κ3) is 5.13. The standard InChI is InChI=1S/C23H27FN2O3/c1-4-20-23(28)26(12-11-16-5-7-18(24)8-6-16)14-17-13-19(9-10-21(17)29-20)25-22(27)15(2)3/h5-10,13,15,20H,4,11-12,14H2,1-3H3,(H,25,27)/t20-/m0/s1. The second-order valence-electron chi connectivity index (χ2n) is 7.62. The third-order valence-corrected chi connectivity index (χ3v) is 5.02. The van der Waals surface area contributed by atoms with Crippen molar-refractivity contribution in [2.75, 3.05) is 11.9 Å². The van der Waals surface area contributed by atoms with Crippen molar-refractivity contribution in [2.24, 2.45) is 5.92 Å². The third-order valence-electron chi connectivity index (χ3n) is 5.02. The number of amides is 2. The van der Waals surface area contributed by atoms with Crippen LogP contribution in [0.4, 0.5) is 10.1 Å². The number of benzene rings is 2. The van der Waals surface area contributed by atoms with Crippen molar-refractivity contribution in [3.63, 3.8) is 0 Å². The summed E-state index contributed by atoms with van der Waals surface area (Å²) in [6.45, 7) is 6.50. The highest BCUT2D eigenvalue weighted by Gasteiger charge is 2.29. The first-order chi connectivity index (χ1) is 13.9. The Morgan fingerprint density at radius 3 is 2.62 bits per heavy atom. The molecule has 29 heavy (non-hydrogen) atoms. The van der Waals surface area contributed by atoms with Crippen LogP contribution in [0.3, 0.4) is 0 Å². The molecule has 1 heterocycles. The number of hydrogen-bond acceptors (Lipinski definition) is 3. The van der Waals surface area contributed by atoms with Gasteiger partial charge in [0.2, 0.25) is 5.91 Å². The Hall–Kier alpha value is -2.89. The van der Waals surface area contributed by atoms with Crippen LogP contribution in [0.25, 0.3) is 0 Å². The number of fused-ring (bicyclic) bond motifs is 1. The van der Waals surface area contributed by atoms with Crippen molar-refractivity contribution in [1.29, 1.82) is 0 Å². The highest BCUT2D eigenvalue weighted by molar-refractivity contribution is 5.92. The molecule has 1 N–H and O–H groups in total. The van der Waals surface area contributed by atoms with E-state index >= 15 is 0 Å². The number of halogens is 1. The van der Waals surface area contributed by atoms with Crippen LogP contribution in [0.15, 0.2) is 42.5 Å². The summed E-state index contributed by atoms with van der Waals surface area (Å²) >= 11 is 0. The predicted molar refractivity (Wildman–Crippen MR) is 110 cm³/mol. The fourth-order valence-electron chi connectivity index (χ4n) is 3.24. The van der Waals surface area contributed by atoms with Gasteiger partial charge in [0.25, 0.3) is 5.91 Å². The summed E-state index contributed by atoms with van der Waals surface area (Å²) in [6.07, 6.45) is 0.652. The lowest BCUT2D eigenvalue weighted by atomic mass is 10.1. The molecule has 1 aliphatic rings. The highest BCUT2D eigenvalue weighted by atomic mass is 19.1. The zero-order valence-electron chi connectivity index (χ0n) is 17.1. The lowest BCUT2D eigenvalue weighted by Gasteiger charge is -2.23. The number of nitrogens with zero attached hydrogens (tertiary/aromatic N) is 1. The Labute approximate surface area is 170 Å². The van der Waals surface area contributed by atoms with E-state index in [1.165, 1.54) is 12.1 Å². The van der Waals surface area contributed by atoms with Gasteiger partial charge in [-0.3, -0.25) is 9.59 Å². The maximum absolute atomic E-state index is 13.1. The summed E-state index contributed by atoms with van der Waals surface area (Å²) < 4.78 is 19.1. The first kappa shape index (κ1) is 20.8. The lowest BCUT2D eigenvalue weighted by Crippen LogP contribution is -2.40. The predicted octanol–water partition coefficient (Wildman–Crippen LogP) is 4.16. The Morgan fingerprint density at radius 1 is 1.24 bits per heavy atom. The number of nitrogens with one attached hydrogen (secondary N) is 1. The molecule has 2 aromatic rings. The molecule has 1 aliphatic heterocycles. The Morgan fingerprint density at radius 2 is 1.97 bits per heavy atom. The summed E-state index contributed by atoms with van der Waals surface area (Å²) in [7, 11) is 0. The number of anilines is 1. The van der Waals surface area contributed by atoms with E-state index in [0.717, 1.165) is 11.1 Å². The zero-order valence-corrected chi connectivity index (χ0v) is 17.1. The molecule has 0 aliphatic carbocycles. The van der Waals surface area contributed by atoms with Gasteiger partial charge in [-0.2, -0.15) is 0 Å². The van der Waals surface area contributed by atoms with Crippen LogP contribution in [0.5, 0.6) is 5.75 Å². The smallest absolute Gasteiger partial charge is 0.263 e. The first-order valence-electron chi connectivity index (χ1n) is 10.0. The number of ether oxygens (including phenoxy) is 1. The van der Waals surface area contributed by atoms with E-state index in [9.17, 15) is 14.0 Å². The minimum atomic E-state index is -0.541. The molecule has 0 unspecified atom stereocenters. The first-order valence-corrected chi connectivity index (χ1v) is 10.0. The van der Waals surface area contributed by atoms with E-state index in [2.05, 4.69) is 5.32 Å². The van der Waals surface area contributed by atoms with E-state index in [0.29, 0.717) is 37.4 Å². The molecule has 154 valence electrons. The van der Waals surface area contributed by atoms with E-state index in [-0.39, 0.29) is 23.5 Å². The van der Waals surface area contributed by atoms with Gasteiger partial charge < -0.3 is 15.0 Å². The van der Waals surface area contributed by atoms with Gasteiger partial charge in [0, 0.05) is 30.3 Å².